The predicted octanol–water partition coefficient (Wildman–Crippen LogP) is 3.26. The molecule has 4 aromatic rings. The van der Waals surface area contributed by atoms with Crippen LogP contribution in [0.15, 0.2) is 53.6 Å². The summed E-state index contributed by atoms with van der Waals surface area (Å²) in [6, 6.07) is 9.29. The lowest BCUT2D eigenvalue weighted by molar-refractivity contribution is 0.0949. The average Bonchev–Trinajstić information content (AvgIpc) is 3.55. The number of nitrogens with zero attached hydrogens (tertiary/aromatic N) is 5. The van der Waals surface area contributed by atoms with E-state index in [2.05, 4.69) is 32.3 Å². The number of aromatic nitrogens is 5. The van der Waals surface area contributed by atoms with E-state index in [1.54, 1.807) is 43.6 Å². The molecule has 0 atom stereocenters. The molecule has 4 rings (SSSR count). The van der Waals surface area contributed by atoms with Crippen molar-refractivity contribution in [2.75, 3.05) is 20.8 Å². The number of methoxy groups -OCH3 is 2. The zero-order valence-electron chi connectivity index (χ0n) is 19.3. The SMILES string of the molecule is CCCc1noc(-c2ccnc(-n3cnc(C(=O)NCCc4ccc(OC)c(OC)c4)c3)c2)n1. The minimum absolute atomic E-state index is 0.267. The van der Waals surface area contributed by atoms with Gasteiger partial charge in [-0.25, -0.2) is 9.97 Å². The highest BCUT2D eigenvalue weighted by molar-refractivity contribution is 5.92. The minimum Gasteiger partial charge on any atom is -0.493 e. The third-order valence-corrected chi connectivity index (χ3v) is 5.16. The standard InChI is InChI=1S/C24H26N6O4/c1-4-5-21-28-24(34-29-21)17-9-11-25-22(13-17)30-14-18(27-15-30)23(31)26-10-8-16-6-7-19(32-2)20(12-16)33-3/h6-7,9,11-15H,4-5,8,10H2,1-3H3,(H,26,31). The maximum Gasteiger partial charge on any atom is 0.271 e. The maximum atomic E-state index is 12.6. The second-order valence-corrected chi connectivity index (χ2v) is 7.53. The minimum atomic E-state index is -0.267. The summed E-state index contributed by atoms with van der Waals surface area (Å²) in [6.45, 7) is 2.51. The number of hydrogen-bond acceptors (Lipinski definition) is 8. The van der Waals surface area contributed by atoms with E-state index in [0.717, 1.165) is 24.0 Å². The lowest BCUT2D eigenvalue weighted by Gasteiger charge is -2.09. The number of amides is 1. The monoisotopic (exact) mass is 462 g/mol. The smallest absolute Gasteiger partial charge is 0.271 e. The Bertz CT molecular complexity index is 1270. The fourth-order valence-electron chi connectivity index (χ4n) is 3.40. The van der Waals surface area contributed by atoms with Gasteiger partial charge in [0.25, 0.3) is 11.8 Å². The molecule has 0 bridgehead atoms. The van der Waals surface area contributed by atoms with Crippen LogP contribution >= 0.6 is 0 Å². The molecule has 1 N–H and O–H groups in total. The van der Waals surface area contributed by atoms with Crippen LogP contribution in [0.25, 0.3) is 17.3 Å². The summed E-state index contributed by atoms with van der Waals surface area (Å²) < 4.78 is 17.6. The third kappa shape index (κ3) is 5.22. The molecule has 10 nitrogen and oxygen atoms in total. The van der Waals surface area contributed by atoms with Gasteiger partial charge in [0, 0.05) is 30.9 Å². The Morgan fingerprint density at radius 2 is 1.94 bits per heavy atom. The molecule has 0 aliphatic rings. The Balaban J connectivity index is 1.39. The van der Waals surface area contributed by atoms with Crippen LogP contribution in [0.5, 0.6) is 11.5 Å². The lowest BCUT2D eigenvalue weighted by Crippen LogP contribution is -2.26. The molecular formula is C24H26N6O4. The van der Waals surface area contributed by atoms with Crippen LogP contribution in [0.1, 0.15) is 35.2 Å². The zero-order valence-corrected chi connectivity index (χ0v) is 19.3. The Labute approximate surface area is 197 Å². The van der Waals surface area contributed by atoms with Crippen molar-refractivity contribution >= 4 is 5.91 Å². The first-order chi connectivity index (χ1) is 16.6. The van der Waals surface area contributed by atoms with E-state index in [1.807, 2.05) is 24.3 Å². The van der Waals surface area contributed by atoms with E-state index in [4.69, 9.17) is 14.0 Å². The van der Waals surface area contributed by atoms with Crippen molar-refractivity contribution in [2.45, 2.75) is 26.2 Å². The number of carbonyl (C=O) groups excluding carboxylic acids is 1. The van der Waals surface area contributed by atoms with Crippen LogP contribution in [0.3, 0.4) is 0 Å². The van der Waals surface area contributed by atoms with Gasteiger partial charge in [-0.05, 0) is 42.7 Å². The first-order valence-electron chi connectivity index (χ1n) is 10.9. The molecule has 10 heteroatoms. The molecule has 34 heavy (non-hydrogen) atoms. The Kier molecular flexibility index (Phi) is 7.16. The number of imidazole rings is 1. The fourth-order valence-corrected chi connectivity index (χ4v) is 3.40. The summed E-state index contributed by atoms with van der Waals surface area (Å²) in [5.74, 6) is 2.74. The summed E-state index contributed by atoms with van der Waals surface area (Å²) >= 11 is 0. The molecular weight excluding hydrogens is 436 g/mol. The van der Waals surface area contributed by atoms with Gasteiger partial charge in [0.1, 0.15) is 17.8 Å². The van der Waals surface area contributed by atoms with Crippen molar-refractivity contribution < 1.29 is 18.8 Å². The van der Waals surface area contributed by atoms with E-state index < -0.39 is 0 Å². The van der Waals surface area contributed by atoms with Crippen molar-refractivity contribution in [3.05, 3.63) is 66.1 Å². The first-order valence-corrected chi connectivity index (χ1v) is 10.9. The van der Waals surface area contributed by atoms with Gasteiger partial charge < -0.3 is 19.3 Å². The normalized spacial score (nSPS) is 10.8. The second-order valence-electron chi connectivity index (χ2n) is 7.53. The topological polar surface area (TPSA) is 117 Å². The van der Waals surface area contributed by atoms with Crippen LogP contribution in [-0.4, -0.2) is 51.3 Å². The summed E-state index contributed by atoms with van der Waals surface area (Å²) in [5.41, 5.74) is 2.06. The second kappa shape index (κ2) is 10.6. The molecule has 176 valence electrons. The first kappa shape index (κ1) is 23.0. The molecule has 0 aliphatic carbocycles. The van der Waals surface area contributed by atoms with E-state index in [9.17, 15) is 4.79 Å². The van der Waals surface area contributed by atoms with E-state index in [-0.39, 0.29) is 5.91 Å². The predicted molar refractivity (Wildman–Crippen MR) is 124 cm³/mol. The lowest BCUT2D eigenvalue weighted by atomic mass is 10.1. The Hall–Kier alpha value is -4.21. The molecule has 0 radical (unpaired) electrons. The summed E-state index contributed by atoms with van der Waals surface area (Å²) in [5, 5.41) is 6.88. The van der Waals surface area contributed by atoms with Crippen LogP contribution in [0.4, 0.5) is 0 Å². The van der Waals surface area contributed by atoms with Gasteiger partial charge in [-0.15, -0.1) is 0 Å². The highest BCUT2D eigenvalue weighted by Crippen LogP contribution is 2.27. The van der Waals surface area contributed by atoms with Crippen molar-refractivity contribution in [3.8, 4) is 28.8 Å². The largest absolute Gasteiger partial charge is 0.493 e. The number of aryl methyl sites for hydroxylation is 1. The highest BCUT2D eigenvalue weighted by atomic mass is 16.5. The van der Waals surface area contributed by atoms with E-state index in [0.29, 0.717) is 47.7 Å². The number of pyridine rings is 1. The quantitative estimate of drug-likeness (QED) is 0.382. The number of hydrogen-bond donors (Lipinski definition) is 1. The van der Waals surface area contributed by atoms with Crippen LogP contribution in [0, 0.1) is 0 Å². The maximum absolute atomic E-state index is 12.6. The molecule has 0 aliphatic heterocycles. The van der Waals surface area contributed by atoms with Crippen LogP contribution in [-0.2, 0) is 12.8 Å². The van der Waals surface area contributed by atoms with Gasteiger partial charge in [-0.3, -0.25) is 9.36 Å². The number of benzene rings is 1. The summed E-state index contributed by atoms with van der Waals surface area (Å²) in [6.07, 6.45) is 7.17. The molecule has 1 aromatic carbocycles. The molecule has 0 unspecified atom stereocenters. The summed E-state index contributed by atoms with van der Waals surface area (Å²) in [4.78, 5) is 25.6. The van der Waals surface area contributed by atoms with E-state index >= 15 is 0 Å². The number of carbonyl (C=O) groups is 1. The van der Waals surface area contributed by atoms with Gasteiger partial charge in [0.05, 0.1) is 14.2 Å². The third-order valence-electron chi connectivity index (χ3n) is 5.16. The molecule has 0 spiro atoms. The number of rotatable bonds is 10. The number of nitrogens with one attached hydrogen (secondary N) is 1. The molecule has 3 aromatic heterocycles. The van der Waals surface area contributed by atoms with Gasteiger partial charge >= 0.3 is 0 Å². The number of ether oxygens (including phenoxy) is 2. The van der Waals surface area contributed by atoms with Crippen molar-refractivity contribution in [1.29, 1.82) is 0 Å². The fraction of sp³-hybridized carbons (Fsp3) is 0.292. The van der Waals surface area contributed by atoms with Gasteiger partial charge in [-0.1, -0.05) is 18.1 Å². The van der Waals surface area contributed by atoms with Crippen molar-refractivity contribution in [2.24, 2.45) is 0 Å². The summed E-state index contributed by atoms with van der Waals surface area (Å²) in [7, 11) is 3.19. The highest BCUT2D eigenvalue weighted by Gasteiger charge is 2.13. The molecule has 0 fully saturated rings. The molecule has 3 heterocycles. The van der Waals surface area contributed by atoms with Crippen LogP contribution < -0.4 is 14.8 Å². The van der Waals surface area contributed by atoms with Gasteiger partial charge in [-0.2, -0.15) is 4.98 Å². The van der Waals surface area contributed by atoms with Gasteiger partial charge in [0.15, 0.2) is 17.3 Å². The molecule has 0 saturated carbocycles. The van der Waals surface area contributed by atoms with Crippen LogP contribution in [0.2, 0.25) is 0 Å². The molecule has 1 amide bonds. The molecule has 0 saturated heterocycles. The van der Waals surface area contributed by atoms with Crippen molar-refractivity contribution in [3.63, 3.8) is 0 Å². The zero-order chi connectivity index (χ0) is 23.9. The van der Waals surface area contributed by atoms with Crippen molar-refractivity contribution in [1.82, 2.24) is 30.0 Å². The Morgan fingerprint density at radius 1 is 1.09 bits per heavy atom. The van der Waals surface area contributed by atoms with E-state index in [1.165, 1.54) is 0 Å². The average molecular weight is 463 g/mol. The van der Waals surface area contributed by atoms with Gasteiger partial charge in [0.2, 0.25) is 0 Å². The Morgan fingerprint density at radius 3 is 2.74 bits per heavy atom.